The Balaban J connectivity index is 2.08. The first-order valence-electron chi connectivity index (χ1n) is 6.61. The highest BCUT2D eigenvalue weighted by Crippen LogP contribution is 2.21. The number of nitrogens with zero attached hydrogens (tertiary/aromatic N) is 2. The molecule has 1 amide bonds. The maximum Gasteiger partial charge on any atom is 0.271 e. The topological polar surface area (TPSA) is 66.9 Å². The van der Waals surface area contributed by atoms with Crippen molar-refractivity contribution in [3.63, 3.8) is 0 Å². The Morgan fingerprint density at radius 2 is 1.95 bits per heavy atom. The molecule has 116 valence electrons. The summed E-state index contributed by atoms with van der Waals surface area (Å²) < 4.78 is 13.1. The number of anilines is 2. The van der Waals surface area contributed by atoms with Gasteiger partial charge in [-0.15, -0.1) is 0 Å². The van der Waals surface area contributed by atoms with Crippen molar-refractivity contribution < 1.29 is 9.18 Å². The number of aromatic nitrogens is 2. The van der Waals surface area contributed by atoms with Crippen LogP contribution in [0.4, 0.5) is 15.9 Å². The minimum absolute atomic E-state index is 0.0131. The van der Waals surface area contributed by atoms with Gasteiger partial charge in [-0.3, -0.25) is 4.79 Å². The molecule has 0 aliphatic rings. The van der Waals surface area contributed by atoms with Crippen LogP contribution in [0.3, 0.4) is 0 Å². The highest BCUT2D eigenvalue weighted by atomic mass is 35.5. The fraction of sp³-hybridized carbons (Fsp3) is 0.267. The molecule has 0 unspecified atom stereocenters. The van der Waals surface area contributed by atoms with Gasteiger partial charge in [-0.25, -0.2) is 14.4 Å². The summed E-state index contributed by atoms with van der Waals surface area (Å²) >= 11 is 5.70. The lowest BCUT2D eigenvalue weighted by Crippen LogP contribution is -2.40. The van der Waals surface area contributed by atoms with E-state index in [1.165, 1.54) is 30.6 Å². The van der Waals surface area contributed by atoms with Crippen LogP contribution in [-0.2, 0) is 0 Å². The summed E-state index contributed by atoms with van der Waals surface area (Å²) in [7, 11) is 0. The highest BCUT2D eigenvalue weighted by molar-refractivity contribution is 6.31. The normalized spacial score (nSPS) is 11.1. The van der Waals surface area contributed by atoms with Gasteiger partial charge in [-0.1, -0.05) is 11.6 Å². The Bertz CT molecular complexity index is 683. The largest absolute Gasteiger partial charge is 0.346 e. The molecule has 1 aromatic carbocycles. The van der Waals surface area contributed by atoms with E-state index in [1.807, 2.05) is 20.8 Å². The summed E-state index contributed by atoms with van der Waals surface area (Å²) in [6.45, 7) is 5.64. The predicted octanol–water partition coefficient (Wildman–Crippen LogP) is 3.54. The molecule has 0 fully saturated rings. The van der Waals surface area contributed by atoms with Crippen molar-refractivity contribution in [3.05, 3.63) is 47.1 Å². The summed E-state index contributed by atoms with van der Waals surface area (Å²) in [4.78, 5) is 20.1. The molecule has 0 radical (unpaired) electrons. The number of carbonyl (C=O) groups excluding carboxylic acids is 1. The molecule has 1 aromatic heterocycles. The SMILES string of the molecule is CC(C)(C)NC(=O)c1cnc(Nc2ccc(F)c(Cl)c2)cn1. The van der Waals surface area contributed by atoms with Gasteiger partial charge in [-0.2, -0.15) is 0 Å². The van der Waals surface area contributed by atoms with E-state index < -0.39 is 5.82 Å². The van der Waals surface area contributed by atoms with Crippen LogP contribution in [0.2, 0.25) is 5.02 Å². The zero-order valence-electron chi connectivity index (χ0n) is 12.4. The smallest absolute Gasteiger partial charge is 0.271 e. The Kier molecular flexibility index (Phi) is 4.61. The third-order valence-electron chi connectivity index (χ3n) is 2.57. The average Bonchev–Trinajstić information content (AvgIpc) is 2.42. The van der Waals surface area contributed by atoms with Crippen LogP contribution in [0.15, 0.2) is 30.6 Å². The summed E-state index contributed by atoms with van der Waals surface area (Å²) in [6.07, 6.45) is 2.80. The van der Waals surface area contributed by atoms with Crippen LogP contribution < -0.4 is 10.6 Å². The maximum atomic E-state index is 13.1. The highest BCUT2D eigenvalue weighted by Gasteiger charge is 2.16. The van der Waals surface area contributed by atoms with E-state index in [4.69, 9.17) is 11.6 Å². The number of benzene rings is 1. The standard InChI is InChI=1S/C15H16ClFN4O/c1-15(2,3)21-14(22)12-7-19-13(8-18-12)20-9-4-5-11(17)10(16)6-9/h4-8H,1-3H3,(H,19,20)(H,21,22). The molecule has 2 aromatic rings. The molecule has 0 aliphatic heterocycles. The lowest BCUT2D eigenvalue weighted by atomic mass is 10.1. The second kappa shape index (κ2) is 6.27. The molecule has 1 heterocycles. The van der Waals surface area contributed by atoms with Gasteiger partial charge in [-0.05, 0) is 39.0 Å². The van der Waals surface area contributed by atoms with Crippen molar-refractivity contribution in [1.29, 1.82) is 0 Å². The van der Waals surface area contributed by atoms with E-state index in [0.717, 1.165) is 0 Å². The van der Waals surface area contributed by atoms with E-state index in [2.05, 4.69) is 20.6 Å². The minimum atomic E-state index is -0.493. The number of nitrogens with one attached hydrogen (secondary N) is 2. The lowest BCUT2D eigenvalue weighted by Gasteiger charge is -2.19. The minimum Gasteiger partial charge on any atom is -0.346 e. The summed E-state index contributed by atoms with van der Waals surface area (Å²) in [5.74, 6) is -0.362. The Morgan fingerprint density at radius 1 is 1.23 bits per heavy atom. The van der Waals surface area contributed by atoms with Gasteiger partial charge < -0.3 is 10.6 Å². The van der Waals surface area contributed by atoms with Crippen molar-refractivity contribution in [3.8, 4) is 0 Å². The van der Waals surface area contributed by atoms with E-state index in [9.17, 15) is 9.18 Å². The van der Waals surface area contributed by atoms with E-state index in [-0.39, 0.29) is 22.2 Å². The number of hydrogen-bond donors (Lipinski definition) is 2. The van der Waals surface area contributed by atoms with Crippen LogP contribution in [0.5, 0.6) is 0 Å². The fourth-order valence-corrected chi connectivity index (χ4v) is 1.82. The predicted molar refractivity (Wildman–Crippen MR) is 83.9 cm³/mol. The van der Waals surface area contributed by atoms with Crippen LogP contribution in [0, 0.1) is 5.82 Å². The molecule has 0 bridgehead atoms. The van der Waals surface area contributed by atoms with Crippen molar-refractivity contribution in [2.24, 2.45) is 0 Å². The number of amides is 1. The first-order chi connectivity index (χ1) is 10.2. The van der Waals surface area contributed by atoms with Gasteiger partial charge in [0.1, 0.15) is 17.3 Å². The van der Waals surface area contributed by atoms with Gasteiger partial charge in [0.15, 0.2) is 0 Å². The van der Waals surface area contributed by atoms with Crippen molar-refractivity contribution in [2.75, 3.05) is 5.32 Å². The molecule has 0 atom stereocenters. The molecule has 5 nitrogen and oxygen atoms in total. The number of rotatable bonds is 3. The van der Waals surface area contributed by atoms with Crippen LogP contribution in [-0.4, -0.2) is 21.4 Å². The van der Waals surface area contributed by atoms with Gasteiger partial charge in [0, 0.05) is 11.2 Å². The first kappa shape index (κ1) is 16.2. The summed E-state index contributed by atoms with van der Waals surface area (Å²) in [5.41, 5.74) is 0.450. The molecular weight excluding hydrogens is 307 g/mol. The van der Waals surface area contributed by atoms with Crippen LogP contribution in [0.1, 0.15) is 31.3 Å². The quantitative estimate of drug-likeness (QED) is 0.907. The van der Waals surface area contributed by atoms with Crippen molar-refractivity contribution >= 4 is 29.0 Å². The molecule has 7 heteroatoms. The fourth-order valence-electron chi connectivity index (χ4n) is 1.64. The third kappa shape index (κ3) is 4.39. The molecule has 2 rings (SSSR count). The van der Waals surface area contributed by atoms with Gasteiger partial charge >= 0.3 is 0 Å². The molecule has 0 aliphatic carbocycles. The second-order valence-electron chi connectivity index (χ2n) is 5.74. The summed E-state index contributed by atoms with van der Waals surface area (Å²) in [5, 5.41) is 5.74. The van der Waals surface area contributed by atoms with Crippen LogP contribution in [0.25, 0.3) is 0 Å². The Morgan fingerprint density at radius 3 is 2.50 bits per heavy atom. The number of carbonyl (C=O) groups is 1. The van der Waals surface area contributed by atoms with Crippen LogP contribution >= 0.6 is 11.6 Å². The first-order valence-corrected chi connectivity index (χ1v) is 6.99. The third-order valence-corrected chi connectivity index (χ3v) is 2.85. The van der Waals surface area contributed by atoms with Gasteiger partial charge in [0.05, 0.1) is 17.4 Å². The van der Waals surface area contributed by atoms with E-state index in [0.29, 0.717) is 11.5 Å². The Hall–Kier alpha value is -2.21. The van der Waals surface area contributed by atoms with Crippen molar-refractivity contribution in [1.82, 2.24) is 15.3 Å². The molecule has 22 heavy (non-hydrogen) atoms. The number of hydrogen-bond acceptors (Lipinski definition) is 4. The zero-order chi connectivity index (χ0) is 16.3. The van der Waals surface area contributed by atoms with E-state index in [1.54, 1.807) is 0 Å². The second-order valence-corrected chi connectivity index (χ2v) is 6.15. The van der Waals surface area contributed by atoms with Gasteiger partial charge in [0.25, 0.3) is 5.91 Å². The average molecular weight is 323 g/mol. The van der Waals surface area contributed by atoms with E-state index >= 15 is 0 Å². The molecular formula is C15H16ClFN4O. The summed E-state index contributed by atoms with van der Waals surface area (Å²) in [6, 6.07) is 4.23. The zero-order valence-corrected chi connectivity index (χ0v) is 13.2. The molecule has 0 saturated heterocycles. The molecule has 0 spiro atoms. The molecule has 2 N–H and O–H groups in total. The number of halogens is 2. The molecule has 0 saturated carbocycles. The Labute approximate surface area is 132 Å². The van der Waals surface area contributed by atoms with Gasteiger partial charge in [0.2, 0.25) is 0 Å². The van der Waals surface area contributed by atoms with Crippen molar-refractivity contribution in [2.45, 2.75) is 26.3 Å². The lowest BCUT2D eigenvalue weighted by molar-refractivity contribution is 0.0914. The maximum absolute atomic E-state index is 13.1. The monoisotopic (exact) mass is 322 g/mol.